The number of aliphatic imine (C=N–C) groups is 1. The molecular weight excluding hydrogens is 114 g/mol. The van der Waals surface area contributed by atoms with Gasteiger partial charge in [0.25, 0.3) is 0 Å². The summed E-state index contributed by atoms with van der Waals surface area (Å²) in [6, 6.07) is 0. The smallest absolute Gasteiger partial charge is 0.183 e. The average molecular weight is 125 g/mol. The number of rotatable bonds is 0. The zero-order valence-electron chi connectivity index (χ0n) is 5.68. The molecule has 1 aliphatic carbocycles. The highest BCUT2D eigenvalue weighted by Gasteiger charge is 2.46. The van der Waals surface area contributed by atoms with E-state index in [9.17, 15) is 0 Å². The molecule has 0 bridgehead atoms. The molecule has 0 saturated heterocycles. The lowest BCUT2D eigenvalue weighted by atomic mass is 10.2. The molecule has 0 unspecified atom stereocenters. The standard InChI is InChI=1S/C7H11NO/c1-9-6-2-3-7(8-6)4-5-7/h2-5H2,1H3. The van der Waals surface area contributed by atoms with Crippen molar-refractivity contribution in [2.45, 2.75) is 31.2 Å². The lowest BCUT2D eigenvalue weighted by Crippen LogP contribution is -1.95. The predicted octanol–water partition coefficient (Wildman–Crippen LogP) is 1.36. The lowest BCUT2D eigenvalue weighted by Gasteiger charge is -1.94. The van der Waals surface area contributed by atoms with Gasteiger partial charge in [-0.3, -0.25) is 0 Å². The summed E-state index contributed by atoms with van der Waals surface area (Å²) in [5.41, 5.74) is 0.380. The topological polar surface area (TPSA) is 21.6 Å². The van der Waals surface area contributed by atoms with Crippen molar-refractivity contribution in [2.24, 2.45) is 4.99 Å². The maximum atomic E-state index is 5.04. The van der Waals surface area contributed by atoms with Crippen LogP contribution in [0.1, 0.15) is 25.7 Å². The van der Waals surface area contributed by atoms with Gasteiger partial charge in [0.1, 0.15) is 0 Å². The molecule has 9 heavy (non-hydrogen) atoms. The molecular formula is C7H11NO. The Labute approximate surface area is 54.9 Å². The van der Waals surface area contributed by atoms with Crippen molar-refractivity contribution < 1.29 is 4.74 Å². The Morgan fingerprint density at radius 2 is 2.22 bits per heavy atom. The fraction of sp³-hybridized carbons (Fsp3) is 0.857. The van der Waals surface area contributed by atoms with E-state index in [0.717, 1.165) is 12.3 Å². The zero-order valence-corrected chi connectivity index (χ0v) is 5.68. The van der Waals surface area contributed by atoms with Gasteiger partial charge in [-0.15, -0.1) is 0 Å². The number of nitrogens with zero attached hydrogens (tertiary/aromatic N) is 1. The van der Waals surface area contributed by atoms with Crippen molar-refractivity contribution in [1.82, 2.24) is 0 Å². The highest BCUT2D eigenvalue weighted by molar-refractivity contribution is 5.79. The lowest BCUT2D eigenvalue weighted by molar-refractivity contribution is 0.395. The van der Waals surface area contributed by atoms with E-state index in [2.05, 4.69) is 4.99 Å². The molecule has 1 aliphatic heterocycles. The van der Waals surface area contributed by atoms with E-state index in [1.165, 1.54) is 19.3 Å². The Morgan fingerprint density at radius 1 is 1.44 bits per heavy atom. The Hall–Kier alpha value is -0.530. The summed E-state index contributed by atoms with van der Waals surface area (Å²) in [6.45, 7) is 0. The van der Waals surface area contributed by atoms with Gasteiger partial charge in [-0.25, -0.2) is 4.99 Å². The monoisotopic (exact) mass is 125 g/mol. The molecule has 0 aromatic rings. The molecule has 2 nitrogen and oxygen atoms in total. The molecule has 0 radical (unpaired) electrons. The summed E-state index contributed by atoms with van der Waals surface area (Å²) in [5.74, 6) is 0.965. The summed E-state index contributed by atoms with van der Waals surface area (Å²) in [7, 11) is 1.71. The molecule has 0 atom stereocenters. The molecule has 0 aromatic heterocycles. The van der Waals surface area contributed by atoms with E-state index in [0.29, 0.717) is 5.54 Å². The summed E-state index contributed by atoms with van der Waals surface area (Å²) < 4.78 is 5.04. The molecule has 0 aromatic carbocycles. The molecule has 2 rings (SSSR count). The maximum Gasteiger partial charge on any atom is 0.183 e. The third-order valence-electron chi connectivity index (χ3n) is 2.23. The van der Waals surface area contributed by atoms with E-state index < -0.39 is 0 Å². The molecule has 1 heterocycles. The molecule has 1 spiro atoms. The fourth-order valence-corrected chi connectivity index (χ4v) is 1.37. The minimum Gasteiger partial charge on any atom is -0.484 e. The second kappa shape index (κ2) is 1.49. The van der Waals surface area contributed by atoms with E-state index in [1.54, 1.807) is 7.11 Å². The highest BCUT2D eigenvalue weighted by atomic mass is 16.5. The first kappa shape index (κ1) is 5.27. The predicted molar refractivity (Wildman–Crippen MR) is 35.6 cm³/mol. The van der Waals surface area contributed by atoms with Crippen molar-refractivity contribution in [2.75, 3.05) is 7.11 Å². The van der Waals surface area contributed by atoms with E-state index in [4.69, 9.17) is 4.74 Å². The second-order valence-electron chi connectivity index (χ2n) is 2.93. The Morgan fingerprint density at radius 3 is 2.56 bits per heavy atom. The van der Waals surface area contributed by atoms with E-state index in [-0.39, 0.29) is 0 Å². The molecule has 50 valence electrons. The van der Waals surface area contributed by atoms with Gasteiger partial charge >= 0.3 is 0 Å². The maximum absolute atomic E-state index is 5.04. The van der Waals surface area contributed by atoms with Gasteiger partial charge in [-0.1, -0.05) is 0 Å². The summed E-state index contributed by atoms with van der Waals surface area (Å²) >= 11 is 0. The van der Waals surface area contributed by atoms with Crippen molar-refractivity contribution in [3.8, 4) is 0 Å². The van der Waals surface area contributed by atoms with Crippen LogP contribution in [0.15, 0.2) is 4.99 Å². The highest BCUT2D eigenvalue weighted by Crippen LogP contribution is 2.47. The van der Waals surface area contributed by atoms with Crippen LogP contribution in [0.25, 0.3) is 0 Å². The summed E-state index contributed by atoms with van der Waals surface area (Å²) in [4.78, 5) is 4.44. The van der Waals surface area contributed by atoms with Crippen LogP contribution in [0, 0.1) is 0 Å². The minimum absolute atomic E-state index is 0.380. The van der Waals surface area contributed by atoms with Gasteiger partial charge in [-0.2, -0.15) is 0 Å². The Bertz CT molecular complexity index is 158. The fourth-order valence-electron chi connectivity index (χ4n) is 1.37. The van der Waals surface area contributed by atoms with Gasteiger partial charge in [0.15, 0.2) is 5.90 Å². The molecule has 1 fully saturated rings. The number of hydrogen-bond donors (Lipinski definition) is 0. The molecule has 2 heteroatoms. The normalized spacial score (nSPS) is 28.3. The number of hydrogen-bond acceptors (Lipinski definition) is 2. The minimum atomic E-state index is 0.380. The first-order valence-electron chi connectivity index (χ1n) is 3.47. The van der Waals surface area contributed by atoms with Gasteiger partial charge < -0.3 is 4.74 Å². The first-order chi connectivity index (χ1) is 4.35. The zero-order chi connectivity index (χ0) is 6.32. The van der Waals surface area contributed by atoms with Gasteiger partial charge in [0.2, 0.25) is 0 Å². The number of methoxy groups -OCH3 is 1. The van der Waals surface area contributed by atoms with Crippen LogP contribution in [0.2, 0.25) is 0 Å². The quantitative estimate of drug-likeness (QED) is 0.479. The van der Waals surface area contributed by atoms with Crippen LogP contribution >= 0.6 is 0 Å². The van der Waals surface area contributed by atoms with E-state index in [1.807, 2.05) is 0 Å². The largest absolute Gasteiger partial charge is 0.484 e. The number of ether oxygens (including phenoxy) is 1. The first-order valence-corrected chi connectivity index (χ1v) is 3.47. The van der Waals surface area contributed by atoms with Crippen LogP contribution in [0.4, 0.5) is 0 Å². The Balaban J connectivity index is 2.11. The van der Waals surface area contributed by atoms with Crippen LogP contribution in [0.3, 0.4) is 0 Å². The van der Waals surface area contributed by atoms with Crippen molar-refractivity contribution in [3.05, 3.63) is 0 Å². The van der Waals surface area contributed by atoms with E-state index >= 15 is 0 Å². The third kappa shape index (κ3) is 0.732. The SMILES string of the molecule is COC1=NC2(CC1)CC2. The van der Waals surface area contributed by atoms with Crippen LogP contribution in [-0.2, 0) is 4.74 Å². The summed E-state index contributed by atoms with van der Waals surface area (Å²) in [6.07, 6.45) is 4.88. The van der Waals surface area contributed by atoms with Crippen LogP contribution in [0.5, 0.6) is 0 Å². The molecule has 0 N–H and O–H groups in total. The van der Waals surface area contributed by atoms with Gasteiger partial charge in [0, 0.05) is 6.42 Å². The van der Waals surface area contributed by atoms with Gasteiger partial charge in [-0.05, 0) is 19.3 Å². The molecule has 1 saturated carbocycles. The van der Waals surface area contributed by atoms with Crippen LogP contribution in [-0.4, -0.2) is 18.5 Å². The molecule has 2 aliphatic rings. The summed E-state index contributed by atoms with van der Waals surface area (Å²) in [5, 5.41) is 0. The van der Waals surface area contributed by atoms with Crippen molar-refractivity contribution in [1.29, 1.82) is 0 Å². The van der Waals surface area contributed by atoms with Crippen molar-refractivity contribution in [3.63, 3.8) is 0 Å². The molecule has 0 amide bonds. The Kier molecular flexibility index (Phi) is 0.875. The van der Waals surface area contributed by atoms with Crippen LogP contribution < -0.4 is 0 Å². The van der Waals surface area contributed by atoms with Gasteiger partial charge in [0.05, 0.1) is 12.6 Å². The second-order valence-corrected chi connectivity index (χ2v) is 2.93. The van der Waals surface area contributed by atoms with Crippen molar-refractivity contribution >= 4 is 5.90 Å². The third-order valence-corrected chi connectivity index (χ3v) is 2.23. The average Bonchev–Trinajstić information content (AvgIpc) is 2.44.